The standard InChI is InChI=1S/C11H9N3O4S2.Na.H2O/c12-11(19)14-13-9-4-2-6-1-3-7(20(16,17)18)5-8(6)10(9)15;;/h1-5,15H,(H2,12,19)(H,16,17,18);;1H2/q;+1;/p-1. The molecule has 2 aromatic carbocycles. The number of aromatic hydroxyl groups is 1. The Morgan fingerprint density at radius 1 is 1.27 bits per heavy atom. The summed E-state index contributed by atoms with van der Waals surface area (Å²) in [6, 6.07) is 6.70. The molecule has 0 heterocycles. The second kappa shape index (κ2) is 7.92. The topological polar surface area (TPSA) is 160 Å². The maximum Gasteiger partial charge on any atom is 1.00 e. The first-order valence-electron chi connectivity index (χ1n) is 5.22. The Balaban J connectivity index is 0.00000220. The summed E-state index contributed by atoms with van der Waals surface area (Å²) in [5.41, 5.74) is 5.21. The first-order valence-corrected chi connectivity index (χ1v) is 7.03. The second-order valence-corrected chi connectivity index (χ2v) is 5.61. The molecule has 0 saturated heterocycles. The number of rotatable bonds is 2. The molecule has 0 spiro atoms. The first kappa shape index (κ1) is 20.9. The predicted molar refractivity (Wildman–Crippen MR) is 78.5 cm³/mol. The molecule has 0 radical (unpaired) electrons. The summed E-state index contributed by atoms with van der Waals surface area (Å²) in [4.78, 5) is -0.441. The van der Waals surface area contributed by atoms with Crippen LogP contribution in [0.4, 0.5) is 5.69 Å². The summed E-state index contributed by atoms with van der Waals surface area (Å²) in [5.74, 6) is -0.312. The molecule has 0 aliphatic heterocycles. The third kappa shape index (κ3) is 4.68. The van der Waals surface area contributed by atoms with Crippen molar-refractivity contribution in [2.75, 3.05) is 0 Å². The van der Waals surface area contributed by atoms with Crippen molar-refractivity contribution >= 4 is 43.9 Å². The third-order valence-corrected chi connectivity index (χ3v) is 3.40. The predicted octanol–water partition coefficient (Wildman–Crippen LogP) is -2.04. The quantitative estimate of drug-likeness (QED) is 0.274. The van der Waals surface area contributed by atoms with Crippen LogP contribution < -0.4 is 35.3 Å². The fraction of sp³-hybridized carbons (Fsp3) is 0. The zero-order valence-corrected chi connectivity index (χ0v) is 15.0. The fourth-order valence-electron chi connectivity index (χ4n) is 1.61. The van der Waals surface area contributed by atoms with Crippen LogP contribution in [0.2, 0.25) is 0 Å². The van der Waals surface area contributed by atoms with Crippen molar-refractivity contribution in [3.63, 3.8) is 0 Å². The van der Waals surface area contributed by atoms with E-state index in [4.69, 9.17) is 5.73 Å². The van der Waals surface area contributed by atoms with E-state index in [0.717, 1.165) is 6.07 Å². The zero-order chi connectivity index (χ0) is 14.9. The summed E-state index contributed by atoms with van der Waals surface area (Å²) >= 11 is 4.52. The molecule has 0 amide bonds. The molecule has 0 fully saturated rings. The van der Waals surface area contributed by atoms with Gasteiger partial charge in [-0.3, -0.25) is 0 Å². The largest absolute Gasteiger partial charge is 1.00 e. The van der Waals surface area contributed by atoms with Crippen molar-refractivity contribution in [2.45, 2.75) is 4.90 Å². The number of phenols is 1. The van der Waals surface area contributed by atoms with E-state index in [0.29, 0.717) is 5.39 Å². The van der Waals surface area contributed by atoms with E-state index in [-0.39, 0.29) is 57.0 Å². The fourth-order valence-corrected chi connectivity index (χ4v) is 2.15. The van der Waals surface area contributed by atoms with Crippen LogP contribution in [0.3, 0.4) is 0 Å². The molecule has 0 atom stereocenters. The first-order chi connectivity index (χ1) is 9.29. The van der Waals surface area contributed by atoms with E-state index in [1.807, 2.05) is 0 Å². The van der Waals surface area contributed by atoms with Gasteiger partial charge in [0.25, 0.3) is 0 Å². The number of benzene rings is 2. The molecule has 2 rings (SSSR count). The summed E-state index contributed by atoms with van der Waals surface area (Å²) < 4.78 is 32.9. The van der Waals surface area contributed by atoms with Crippen molar-refractivity contribution < 1.29 is 53.1 Å². The van der Waals surface area contributed by atoms with Gasteiger partial charge in [-0.1, -0.05) is 12.1 Å². The van der Waals surface area contributed by atoms with Gasteiger partial charge in [0.05, 0.1) is 4.90 Å². The number of hydrogen-bond donors (Lipinski definition) is 2. The van der Waals surface area contributed by atoms with Crippen LogP contribution >= 0.6 is 12.2 Å². The summed E-state index contributed by atoms with van der Waals surface area (Å²) in [5, 5.41) is 17.6. The van der Waals surface area contributed by atoms with E-state index in [9.17, 15) is 18.1 Å². The Morgan fingerprint density at radius 3 is 2.41 bits per heavy atom. The molecule has 0 unspecified atom stereocenters. The number of nitrogens with two attached hydrogens (primary N) is 1. The van der Waals surface area contributed by atoms with Gasteiger partial charge in [-0.05, 0) is 35.8 Å². The number of azo groups is 1. The van der Waals surface area contributed by atoms with Crippen LogP contribution in [0.1, 0.15) is 0 Å². The number of phenolic OH excluding ortho intramolecular Hbond substituents is 1. The maximum atomic E-state index is 11.0. The average Bonchev–Trinajstić information content (AvgIpc) is 2.36. The minimum Gasteiger partial charge on any atom is -0.744 e. The zero-order valence-electron chi connectivity index (χ0n) is 11.3. The number of hydrogen-bond acceptors (Lipinski definition) is 6. The van der Waals surface area contributed by atoms with Crippen molar-refractivity contribution in [3.05, 3.63) is 30.3 Å². The van der Waals surface area contributed by atoms with Crippen LogP contribution in [-0.4, -0.2) is 28.7 Å². The molecule has 0 aliphatic rings. The Kier molecular flexibility index (Phi) is 7.51. The van der Waals surface area contributed by atoms with Crippen molar-refractivity contribution in [3.8, 4) is 5.75 Å². The third-order valence-electron chi connectivity index (χ3n) is 2.49. The van der Waals surface area contributed by atoms with Gasteiger partial charge in [-0.15, -0.1) is 10.2 Å². The second-order valence-electron chi connectivity index (χ2n) is 3.81. The minimum atomic E-state index is -4.61. The van der Waals surface area contributed by atoms with E-state index in [1.54, 1.807) is 6.07 Å². The van der Waals surface area contributed by atoms with Crippen molar-refractivity contribution in [2.24, 2.45) is 16.0 Å². The van der Waals surface area contributed by atoms with Crippen LogP contribution in [0.15, 0.2) is 45.5 Å². The molecular weight excluding hydrogens is 341 g/mol. The van der Waals surface area contributed by atoms with Crippen molar-refractivity contribution in [1.82, 2.24) is 0 Å². The molecule has 8 nitrogen and oxygen atoms in total. The summed E-state index contributed by atoms with van der Waals surface area (Å²) in [6.45, 7) is 0. The molecule has 0 saturated carbocycles. The number of thiocarbonyl (C=S) groups is 1. The number of nitrogens with zero attached hydrogens (tertiary/aromatic N) is 2. The van der Waals surface area contributed by atoms with Crippen molar-refractivity contribution in [1.29, 1.82) is 0 Å². The van der Waals surface area contributed by atoms with Gasteiger partial charge in [0.2, 0.25) is 5.11 Å². The molecule has 0 bridgehead atoms. The van der Waals surface area contributed by atoms with E-state index in [1.165, 1.54) is 18.2 Å². The maximum absolute atomic E-state index is 11.0. The molecule has 2 aromatic rings. The smallest absolute Gasteiger partial charge is 0.744 e. The Hall–Kier alpha value is -1.14. The van der Waals surface area contributed by atoms with Gasteiger partial charge >= 0.3 is 29.6 Å². The molecule has 5 N–H and O–H groups in total. The van der Waals surface area contributed by atoms with E-state index >= 15 is 0 Å². The van der Waals surface area contributed by atoms with Gasteiger partial charge in [-0.2, -0.15) is 0 Å². The summed E-state index contributed by atoms with van der Waals surface area (Å²) in [7, 11) is -4.61. The Labute approximate surface area is 153 Å². The van der Waals surface area contributed by atoms with Crippen LogP contribution in [-0.2, 0) is 10.1 Å². The van der Waals surface area contributed by atoms with Gasteiger partial charge < -0.3 is 20.9 Å². The van der Waals surface area contributed by atoms with Gasteiger partial charge in [0.1, 0.15) is 15.8 Å². The monoisotopic (exact) mass is 351 g/mol. The molecule has 0 aliphatic carbocycles. The number of fused-ring (bicyclic) bond motifs is 1. The van der Waals surface area contributed by atoms with Gasteiger partial charge in [0.15, 0.2) is 5.75 Å². The molecule has 11 heteroatoms. The minimum absolute atomic E-state index is 0. The SMILES string of the molecule is NC(=S)N=Nc1ccc2ccc(S(=O)(=O)[O-])cc2c1O.O.[Na+]. The Morgan fingerprint density at radius 2 is 1.86 bits per heavy atom. The average molecular weight is 351 g/mol. The molecule has 22 heavy (non-hydrogen) atoms. The van der Waals surface area contributed by atoms with Crippen LogP contribution in [0.5, 0.6) is 5.75 Å². The Bertz CT molecular complexity index is 839. The van der Waals surface area contributed by atoms with Crippen LogP contribution in [0.25, 0.3) is 10.8 Å². The molecular formula is C11H10N3NaO5S2. The van der Waals surface area contributed by atoms with Gasteiger partial charge in [0, 0.05) is 5.39 Å². The molecule has 0 aromatic heterocycles. The van der Waals surface area contributed by atoms with E-state index < -0.39 is 15.0 Å². The van der Waals surface area contributed by atoms with Gasteiger partial charge in [-0.25, -0.2) is 8.42 Å². The van der Waals surface area contributed by atoms with E-state index in [2.05, 4.69) is 22.4 Å². The normalized spacial score (nSPS) is 11.0. The molecule has 112 valence electrons. The summed E-state index contributed by atoms with van der Waals surface area (Å²) in [6.07, 6.45) is 0. The van der Waals surface area contributed by atoms with Crippen LogP contribution in [0, 0.1) is 0 Å².